The Hall–Kier alpha value is -2.37. The van der Waals surface area contributed by atoms with Crippen molar-refractivity contribution in [2.45, 2.75) is 13.5 Å². The average Bonchev–Trinajstić information content (AvgIpc) is 3.04. The van der Waals surface area contributed by atoms with Crippen LogP contribution in [0.15, 0.2) is 54.0 Å². The predicted octanol–water partition coefficient (Wildman–Crippen LogP) is 4.94. The highest BCUT2D eigenvalue weighted by Crippen LogP contribution is 2.20. The van der Waals surface area contributed by atoms with E-state index in [2.05, 4.69) is 10.3 Å². The third-order valence-electron chi connectivity index (χ3n) is 3.24. The Balaban J connectivity index is 1.60. The predicted molar refractivity (Wildman–Crippen MR) is 97.0 cm³/mol. The van der Waals surface area contributed by atoms with Crippen molar-refractivity contribution in [3.63, 3.8) is 0 Å². The van der Waals surface area contributed by atoms with Gasteiger partial charge in [0, 0.05) is 11.8 Å². The molecule has 3 rings (SSSR count). The highest BCUT2D eigenvalue weighted by molar-refractivity contribution is 7.12. The number of rotatable bonds is 5. The monoisotopic (exact) mass is 358 g/mol. The number of nitrogens with one attached hydrogen (secondary N) is 1. The van der Waals surface area contributed by atoms with E-state index < -0.39 is 0 Å². The molecule has 0 spiro atoms. The Morgan fingerprint density at radius 2 is 2.17 bits per heavy atom. The van der Waals surface area contributed by atoms with Crippen molar-refractivity contribution in [2.24, 2.45) is 0 Å². The Morgan fingerprint density at radius 1 is 1.29 bits per heavy atom. The van der Waals surface area contributed by atoms with Gasteiger partial charge in [0.25, 0.3) is 5.91 Å². The van der Waals surface area contributed by atoms with E-state index in [1.54, 1.807) is 12.1 Å². The molecule has 0 aliphatic carbocycles. The van der Waals surface area contributed by atoms with Crippen molar-refractivity contribution in [2.75, 3.05) is 5.32 Å². The minimum atomic E-state index is -0.198. The summed E-state index contributed by atoms with van der Waals surface area (Å²) in [7, 11) is 0. The zero-order valence-electron chi connectivity index (χ0n) is 13.0. The topological polar surface area (TPSA) is 51.2 Å². The van der Waals surface area contributed by atoms with Gasteiger partial charge in [-0.2, -0.15) is 0 Å². The molecule has 2 heterocycles. The molecule has 1 N–H and O–H groups in total. The number of benzene rings is 1. The van der Waals surface area contributed by atoms with E-state index in [1.807, 2.05) is 42.6 Å². The molecule has 4 nitrogen and oxygen atoms in total. The van der Waals surface area contributed by atoms with E-state index in [0.29, 0.717) is 22.3 Å². The van der Waals surface area contributed by atoms with Gasteiger partial charge in [-0.25, -0.2) is 4.98 Å². The Kier molecular flexibility index (Phi) is 5.13. The van der Waals surface area contributed by atoms with Crippen LogP contribution in [-0.4, -0.2) is 10.9 Å². The summed E-state index contributed by atoms with van der Waals surface area (Å²) in [4.78, 5) is 16.9. The van der Waals surface area contributed by atoms with Crippen LogP contribution in [0, 0.1) is 6.92 Å². The first kappa shape index (κ1) is 16.5. The normalized spacial score (nSPS) is 10.4. The zero-order valence-corrected chi connectivity index (χ0v) is 14.5. The van der Waals surface area contributed by atoms with Crippen molar-refractivity contribution in [3.8, 4) is 5.75 Å². The summed E-state index contributed by atoms with van der Waals surface area (Å²) in [5.41, 5.74) is 2.10. The summed E-state index contributed by atoms with van der Waals surface area (Å²) in [6.07, 6.45) is 1.49. The summed E-state index contributed by atoms with van der Waals surface area (Å²) in [5, 5.41) is 5.19. The van der Waals surface area contributed by atoms with E-state index in [9.17, 15) is 4.79 Å². The number of ether oxygens (including phenoxy) is 1. The van der Waals surface area contributed by atoms with Crippen LogP contribution in [0.2, 0.25) is 5.02 Å². The Morgan fingerprint density at radius 3 is 2.92 bits per heavy atom. The van der Waals surface area contributed by atoms with E-state index in [0.717, 1.165) is 16.9 Å². The number of hydrogen-bond donors (Lipinski definition) is 1. The van der Waals surface area contributed by atoms with Gasteiger partial charge in [0.05, 0.1) is 9.90 Å². The summed E-state index contributed by atoms with van der Waals surface area (Å²) in [6.45, 7) is 2.44. The number of anilines is 1. The van der Waals surface area contributed by atoms with E-state index >= 15 is 0 Å². The maximum absolute atomic E-state index is 12.2. The smallest absolute Gasteiger partial charge is 0.266 e. The van der Waals surface area contributed by atoms with Crippen LogP contribution in [0.4, 0.5) is 5.82 Å². The molecule has 0 aliphatic heterocycles. The number of thiophene rings is 1. The number of pyridine rings is 1. The minimum absolute atomic E-state index is 0.198. The zero-order chi connectivity index (χ0) is 16.9. The number of halogens is 1. The molecule has 3 aromatic rings. The molecule has 0 bridgehead atoms. The molecule has 24 heavy (non-hydrogen) atoms. The fourth-order valence-corrected chi connectivity index (χ4v) is 2.97. The van der Waals surface area contributed by atoms with Crippen LogP contribution in [0.5, 0.6) is 5.75 Å². The number of carbonyl (C=O) groups excluding carboxylic acids is 1. The van der Waals surface area contributed by atoms with Crippen LogP contribution < -0.4 is 10.1 Å². The molecule has 0 saturated carbocycles. The number of aromatic nitrogens is 1. The summed E-state index contributed by atoms with van der Waals surface area (Å²) in [6, 6.07) is 13.0. The van der Waals surface area contributed by atoms with Gasteiger partial charge in [-0.05, 0) is 48.2 Å². The van der Waals surface area contributed by atoms with Crippen LogP contribution >= 0.6 is 22.9 Å². The fourth-order valence-electron chi connectivity index (χ4n) is 2.07. The lowest BCUT2D eigenvalue weighted by atomic mass is 10.2. The molecule has 6 heteroatoms. The van der Waals surface area contributed by atoms with Gasteiger partial charge in [-0.3, -0.25) is 4.79 Å². The summed E-state index contributed by atoms with van der Waals surface area (Å²) < 4.78 is 5.75. The standard InChI is InChI=1S/C18H15ClN2O2S/c1-12-3-2-4-15(7-12)23-10-13-8-16(24-11-13)18(22)21-17-6-5-14(19)9-20-17/h2-9,11H,10H2,1H3,(H,20,21,22). The van der Waals surface area contributed by atoms with E-state index in [-0.39, 0.29) is 5.91 Å². The third-order valence-corrected chi connectivity index (χ3v) is 4.44. The Bertz CT molecular complexity index is 846. The lowest BCUT2D eigenvalue weighted by Crippen LogP contribution is -2.11. The van der Waals surface area contributed by atoms with Crippen molar-refractivity contribution in [1.82, 2.24) is 4.98 Å². The molecule has 0 unspecified atom stereocenters. The number of aryl methyl sites for hydroxylation is 1. The SMILES string of the molecule is Cc1cccc(OCc2csc(C(=O)Nc3ccc(Cl)cn3)c2)c1. The van der Waals surface area contributed by atoms with Crippen molar-refractivity contribution >= 4 is 34.7 Å². The van der Waals surface area contributed by atoms with Gasteiger partial charge in [0.15, 0.2) is 0 Å². The lowest BCUT2D eigenvalue weighted by molar-refractivity contribution is 0.103. The van der Waals surface area contributed by atoms with Crippen LogP contribution in [0.3, 0.4) is 0 Å². The van der Waals surface area contributed by atoms with E-state index in [1.165, 1.54) is 17.5 Å². The van der Waals surface area contributed by atoms with E-state index in [4.69, 9.17) is 16.3 Å². The number of nitrogens with zero attached hydrogens (tertiary/aromatic N) is 1. The van der Waals surface area contributed by atoms with Gasteiger partial charge < -0.3 is 10.1 Å². The first-order valence-electron chi connectivity index (χ1n) is 7.30. The second-order valence-electron chi connectivity index (χ2n) is 5.24. The van der Waals surface area contributed by atoms with Gasteiger partial charge >= 0.3 is 0 Å². The summed E-state index contributed by atoms with van der Waals surface area (Å²) in [5.74, 6) is 1.09. The van der Waals surface area contributed by atoms with Crippen molar-refractivity contribution < 1.29 is 9.53 Å². The van der Waals surface area contributed by atoms with Gasteiger partial charge in [0.2, 0.25) is 0 Å². The Labute approximate surface area is 149 Å². The molecular weight excluding hydrogens is 344 g/mol. The molecule has 0 fully saturated rings. The largest absolute Gasteiger partial charge is 0.489 e. The molecule has 122 valence electrons. The van der Waals surface area contributed by atoms with Gasteiger partial charge in [-0.15, -0.1) is 11.3 Å². The van der Waals surface area contributed by atoms with Gasteiger partial charge in [-0.1, -0.05) is 23.7 Å². The highest BCUT2D eigenvalue weighted by atomic mass is 35.5. The van der Waals surface area contributed by atoms with Crippen molar-refractivity contribution in [3.05, 3.63) is 75.1 Å². The first-order valence-corrected chi connectivity index (χ1v) is 8.56. The molecule has 0 radical (unpaired) electrons. The second-order valence-corrected chi connectivity index (χ2v) is 6.59. The highest BCUT2D eigenvalue weighted by Gasteiger charge is 2.10. The second kappa shape index (κ2) is 7.47. The van der Waals surface area contributed by atoms with Crippen molar-refractivity contribution in [1.29, 1.82) is 0 Å². The number of hydrogen-bond acceptors (Lipinski definition) is 4. The molecular formula is C18H15ClN2O2S. The minimum Gasteiger partial charge on any atom is -0.489 e. The molecule has 1 amide bonds. The first-order chi connectivity index (χ1) is 11.6. The summed E-state index contributed by atoms with van der Waals surface area (Å²) >= 11 is 7.15. The molecule has 0 atom stereocenters. The molecule has 1 aromatic carbocycles. The molecule has 0 aliphatic rings. The average molecular weight is 359 g/mol. The van der Waals surface area contributed by atoms with Crippen LogP contribution in [0.25, 0.3) is 0 Å². The van der Waals surface area contributed by atoms with Crippen LogP contribution in [0.1, 0.15) is 20.8 Å². The maximum Gasteiger partial charge on any atom is 0.266 e. The number of carbonyl (C=O) groups is 1. The fraction of sp³-hybridized carbons (Fsp3) is 0.111. The molecule has 0 saturated heterocycles. The quantitative estimate of drug-likeness (QED) is 0.703. The lowest BCUT2D eigenvalue weighted by Gasteiger charge is -2.05. The number of amides is 1. The third kappa shape index (κ3) is 4.34. The van der Waals surface area contributed by atoms with Gasteiger partial charge in [0.1, 0.15) is 18.2 Å². The molecule has 2 aromatic heterocycles. The van der Waals surface area contributed by atoms with Crippen LogP contribution in [-0.2, 0) is 6.61 Å². The maximum atomic E-state index is 12.2.